The molecule has 0 fully saturated rings. The van der Waals surface area contributed by atoms with Gasteiger partial charge in [0.2, 0.25) is 0 Å². The number of aryl methyl sites for hydroxylation is 2. The lowest BCUT2D eigenvalue weighted by atomic mass is 10.4. The van der Waals surface area contributed by atoms with Crippen molar-refractivity contribution in [3.05, 3.63) is 38.9 Å². The minimum atomic E-state index is 0.502. The summed E-state index contributed by atoms with van der Waals surface area (Å²) in [6, 6.07) is 5.53. The van der Waals surface area contributed by atoms with Crippen molar-refractivity contribution in [1.29, 1.82) is 0 Å². The molecule has 0 bridgehead atoms. The minimum absolute atomic E-state index is 0.502. The van der Waals surface area contributed by atoms with Crippen LogP contribution in [-0.2, 0) is 6.54 Å². The molecule has 2 aromatic rings. The van der Waals surface area contributed by atoms with Crippen molar-refractivity contribution < 1.29 is 0 Å². The first kappa shape index (κ1) is 11.4. The van der Waals surface area contributed by atoms with Gasteiger partial charge in [-0.2, -0.15) is 0 Å². The van der Waals surface area contributed by atoms with Crippen molar-refractivity contribution in [2.75, 3.05) is 5.32 Å². The molecule has 5 heteroatoms. The maximum atomic E-state index is 5.80. The van der Waals surface area contributed by atoms with Crippen LogP contribution in [0.25, 0.3) is 0 Å². The van der Waals surface area contributed by atoms with Gasteiger partial charge in [-0.05, 0) is 26.0 Å². The third kappa shape index (κ3) is 2.71. The van der Waals surface area contributed by atoms with Crippen LogP contribution in [0.2, 0.25) is 5.15 Å². The topological polar surface area (TPSA) is 37.8 Å². The molecule has 16 heavy (non-hydrogen) atoms. The second-order valence-electron chi connectivity index (χ2n) is 3.44. The smallest absolute Gasteiger partial charge is 0.131 e. The van der Waals surface area contributed by atoms with Gasteiger partial charge in [0.25, 0.3) is 0 Å². The number of rotatable bonds is 3. The highest BCUT2D eigenvalue weighted by atomic mass is 35.5. The van der Waals surface area contributed by atoms with Gasteiger partial charge in [0, 0.05) is 4.88 Å². The Morgan fingerprint density at radius 2 is 2.12 bits per heavy atom. The highest BCUT2D eigenvalue weighted by Crippen LogP contribution is 2.18. The third-order valence-electron chi connectivity index (χ3n) is 2.14. The van der Waals surface area contributed by atoms with Gasteiger partial charge in [0.05, 0.1) is 17.2 Å². The van der Waals surface area contributed by atoms with Gasteiger partial charge in [-0.1, -0.05) is 17.7 Å². The van der Waals surface area contributed by atoms with E-state index in [-0.39, 0.29) is 0 Å². The zero-order valence-corrected chi connectivity index (χ0v) is 10.7. The summed E-state index contributed by atoms with van der Waals surface area (Å²) in [5, 5.41) is 4.82. The van der Waals surface area contributed by atoms with Crippen LogP contribution >= 0.6 is 22.9 Å². The van der Waals surface area contributed by atoms with Crippen LogP contribution in [0, 0.1) is 13.8 Å². The predicted molar refractivity (Wildman–Crippen MR) is 68.2 cm³/mol. The van der Waals surface area contributed by atoms with Gasteiger partial charge in [-0.25, -0.2) is 9.97 Å². The Hall–Kier alpha value is -1.13. The van der Waals surface area contributed by atoms with E-state index in [0.717, 1.165) is 23.1 Å². The highest BCUT2D eigenvalue weighted by molar-refractivity contribution is 7.11. The monoisotopic (exact) mass is 253 g/mol. The van der Waals surface area contributed by atoms with Crippen LogP contribution < -0.4 is 5.32 Å². The fourth-order valence-electron chi connectivity index (χ4n) is 1.42. The van der Waals surface area contributed by atoms with E-state index in [2.05, 4.69) is 15.3 Å². The Morgan fingerprint density at radius 3 is 2.75 bits per heavy atom. The molecule has 0 aliphatic heterocycles. The average molecular weight is 254 g/mol. The first-order chi connectivity index (χ1) is 7.65. The number of hydrogen-bond acceptors (Lipinski definition) is 4. The Kier molecular flexibility index (Phi) is 3.41. The molecule has 0 amide bonds. The van der Waals surface area contributed by atoms with Crippen molar-refractivity contribution in [2.45, 2.75) is 20.4 Å². The SMILES string of the molecule is Cc1nc(C)c(CNc2cccc(Cl)n2)s1. The van der Waals surface area contributed by atoms with Crippen molar-refractivity contribution >= 4 is 28.8 Å². The number of aromatic nitrogens is 2. The second-order valence-corrected chi connectivity index (χ2v) is 5.12. The fourth-order valence-corrected chi connectivity index (χ4v) is 2.46. The Bertz CT molecular complexity index is 496. The van der Waals surface area contributed by atoms with Gasteiger partial charge >= 0.3 is 0 Å². The van der Waals surface area contributed by atoms with E-state index in [4.69, 9.17) is 11.6 Å². The van der Waals surface area contributed by atoms with Crippen molar-refractivity contribution in [2.24, 2.45) is 0 Å². The summed E-state index contributed by atoms with van der Waals surface area (Å²) in [6.07, 6.45) is 0. The molecule has 0 aliphatic rings. The number of hydrogen-bond donors (Lipinski definition) is 1. The number of anilines is 1. The quantitative estimate of drug-likeness (QED) is 0.852. The van der Waals surface area contributed by atoms with Gasteiger partial charge in [0.15, 0.2) is 0 Å². The molecular weight excluding hydrogens is 242 g/mol. The maximum absolute atomic E-state index is 5.80. The molecule has 84 valence electrons. The third-order valence-corrected chi connectivity index (χ3v) is 3.43. The lowest BCUT2D eigenvalue weighted by molar-refractivity contribution is 1.09. The molecule has 0 aliphatic carbocycles. The van der Waals surface area contributed by atoms with Gasteiger partial charge in [-0.15, -0.1) is 11.3 Å². The van der Waals surface area contributed by atoms with Crippen molar-refractivity contribution in [1.82, 2.24) is 9.97 Å². The van der Waals surface area contributed by atoms with Gasteiger partial charge < -0.3 is 5.32 Å². The van der Waals surface area contributed by atoms with E-state index < -0.39 is 0 Å². The highest BCUT2D eigenvalue weighted by Gasteiger charge is 2.04. The summed E-state index contributed by atoms with van der Waals surface area (Å²) in [6.45, 7) is 4.77. The molecule has 3 nitrogen and oxygen atoms in total. The molecule has 2 rings (SSSR count). The van der Waals surface area contributed by atoms with Crippen LogP contribution in [0.5, 0.6) is 0 Å². The summed E-state index contributed by atoms with van der Waals surface area (Å²) in [7, 11) is 0. The normalized spacial score (nSPS) is 10.4. The lowest BCUT2D eigenvalue weighted by Gasteiger charge is -2.04. The minimum Gasteiger partial charge on any atom is -0.365 e. The molecule has 0 saturated heterocycles. The van der Waals surface area contributed by atoms with E-state index in [9.17, 15) is 0 Å². The van der Waals surface area contributed by atoms with Crippen LogP contribution in [0.1, 0.15) is 15.6 Å². The largest absolute Gasteiger partial charge is 0.365 e. The van der Waals surface area contributed by atoms with E-state index in [0.29, 0.717) is 5.15 Å². The first-order valence-corrected chi connectivity index (χ1v) is 6.14. The fraction of sp³-hybridized carbons (Fsp3) is 0.273. The van der Waals surface area contributed by atoms with E-state index >= 15 is 0 Å². The van der Waals surface area contributed by atoms with Crippen LogP contribution in [-0.4, -0.2) is 9.97 Å². The molecule has 0 radical (unpaired) electrons. The van der Waals surface area contributed by atoms with Gasteiger partial charge in [-0.3, -0.25) is 0 Å². The van der Waals surface area contributed by atoms with E-state index in [1.165, 1.54) is 4.88 Å². The number of nitrogens with one attached hydrogen (secondary N) is 1. The van der Waals surface area contributed by atoms with Crippen molar-refractivity contribution in [3.63, 3.8) is 0 Å². The van der Waals surface area contributed by atoms with E-state index in [1.807, 2.05) is 26.0 Å². The van der Waals surface area contributed by atoms with Crippen molar-refractivity contribution in [3.8, 4) is 0 Å². The summed E-state index contributed by atoms with van der Waals surface area (Å²) >= 11 is 7.50. The molecule has 2 aromatic heterocycles. The number of thiazole rings is 1. The molecule has 0 saturated carbocycles. The summed E-state index contributed by atoms with van der Waals surface area (Å²) in [5.74, 6) is 0.790. The van der Waals surface area contributed by atoms with Gasteiger partial charge in [0.1, 0.15) is 11.0 Å². The van der Waals surface area contributed by atoms with E-state index in [1.54, 1.807) is 17.4 Å². The molecular formula is C11H12ClN3S. The molecule has 0 unspecified atom stereocenters. The predicted octanol–water partition coefficient (Wildman–Crippen LogP) is 3.42. The number of halogens is 1. The van der Waals surface area contributed by atoms with Crippen LogP contribution in [0.15, 0.2) is 18.2 Å². The van der Waals surface area contributed by atoms with Crippen LogP contribution in [0.4, 0.5) is 5.82 Å². The summed E-state index contributed by atoms with van der Waals surface area (Å²) in [5.41, 5.74) is 1.08. The molecule has 1 N–H and O–H groups in total. The maximum Gasteiger partial charge on any atom is 0.131 e. The summed E-state index contributed by atoms with van der Waals surface area (Å²) < 4.78 is 0. The first-order valence-electron chi connectivity index (χ1n) is 4.94. The molecule has 0 atom stereocenters. The zero-order chi connectivity index (χ0) is 11.5. The molecule has 0 aromatic carbocycles. The number of nitrogens with zero attached hydrogens (tertiary/aromatic N) is 2. The Morgan fingerprint density at radius 1 is 1.31 bits per heavy atom. The molecule has 0 spiro atoms. The zero-order valence-electron chi connectivity index (χ0n) is 9.12. The second kappa shape index (κ2) is 4.80. The Balaban J connectivity index is 2.05. The van der Waals surface area contributed by atoms with Crippen LogP contribution in [0.3, 0.4) is 0 Å². The number of pyridine rings is 1. The summed E-state index contributed by atoms with van der Waals surface area (Å²) in [4.78, 5) is 9.77. The standard InChI is InChI=1S/C11H12ClN3S/c1-7-9(16-8(2)14-7)6-13-11-5-3-4-10(12)15-11/h3-5H,6H2,1-2H3,(H,13,15). The lowest BCUT2D eigenvalue weighted by Crippen LogP contribution is -2.00. The Labute approximate surface area is 104 Å². The molecule has 2 heterocycles. The average Bonchev–Trinajstić information content (AvgIpc) is 2.54.